The summed E-state index contributed by atoms with van der Waals surface area (Å²) in [7, 11) is 0. The lowest BCUT2D eigenvalue weighted by atomic mass is 9.97. The SMILES string of the molecule is CC(C)(C)Cn1nnnc1I. The molecular weight excluding hydrogens is 255 g/mol. The topological polar surface area (TPSA) is 43.6 Å². The van der Waals surface area contributed by atoms with Crippen LogP contribution in [-0.2, 0) is 6.54 Å². The summed E-state index contributed by atoms with van der Waals surface area (Å²) in [5, 5.41) is 11.2. The Bertz CT molecular complexity index is 237. The smallest absolute Gasteiger partial charge is 0.212 e. The Kier molecular flexibility index (Phi) is 2.46. The molecule has 62 valence electrons. The van der Waals surface area contributed by atoms with Crippen molar-refractivity contribution >= 4 is 22.6 Å². The van der Waals surface area contributed by atoms with Gasteiger partial charge in [-0.1, -0.05) is 20.8 Å². The van der Waals surface area contributed by atoms with E-state index in [2.05, 4.69) is 58.9 Å². The second-order valence-electron chi connectivity index (χ2n) is 3.67. The lowest BCUT2D eigenvalue weighted by molar-refractivity contribution is 0.317. The highest BCUT2D eigenvalue weighted by Crippen LogP contribution is 2.16. The Morgan fingerprint density at radius 2 is 2.09 bits per heavy atom. The molecule has 0 aliphatic heterocycles. The molecule has 0 bridgehead atoms. The predicted octanol–water partition coefficient (Wildman–Crippen LogP) is 1.32. The van der Waals surface area contributed by atoms with Crippen LogP contribution in [0.1, 0.15) is 20.8 Å². The van der Waals surface area contributed by atoms with Gasteiger partial charge in [0.15, 0.2) is 0 Å². The van der Waals surface area contributed by atoms with Gasteiger partial charge in [0.25, 0.3) is 0 Å². The second-order valence-corrected chi connectivity index (χ2v) is 4.63. The molecule has 0 atom stereocenters. The zero-order valence-corrected chi connectivity index (χ0v) is 9.03. The molecule has 1 aromatic rings. The molecule has 5 heteroatoms. The van der Waals surface area contributed by atoms with Gasteiger partial charge in [-0.2, -0.15) is 0 Å². The zero-order chi connectivity index (χ0) is 8.48. The average molecular weight is 266 g/mol. The van der Waals surface area contributed by atoms with Crippen LogP contribution in [0.15, 0.2) is 0 Å². The minimum Gasteiger partial charge on any atom is -0.220 e. The summed E-state index contributed by atoms with van der Waals surface area (Å²) >= 11 is 2.12. The van der Waals surface area contributed by atoms with Crippen molar-refractivity contribution in [1.29, 1.82) is 0 Å². The molecular formula is C6H11IN4. The molecule has 0 amide bonds. The highest BCUT2D eigenvalue weighted by molar-refractivity contribution is 14.1. The Hall–Kier alpha value is -0.200. The van der Waals surface area contributed by atoms with E-state index in [1.54, 1.807) is 4.68 Å². The summed E-state index contributed by atoms with van der Waals surface area (Å²) in [6, 6.07) is 0. The van der Waals surface area contributed by atoms with Gasteiger partial charge >= 0.3 is 0 Å². The van der Waals surface area contributed by atoms with Crippen molar-refractivity contribution < 1.29 is 0 Å². The Morgan fingerprint density at radius 3 is 2.45 bits per heavy atom. The van der Waals surface area contributed by atoms with Gasteiger partial charge < -0.3 is 0 Å². The van der Waals surface area contributed by atoms with Crippen LogP contribution in [0.25, 0.3) is 0 Å². The third kappa shape index (κ3) is 2.72. The third-order valence-corrected chi connectivity index (χ3v) is 1.88. The molecule has 1 aromatic heterocycles. The monoisotopic (exact) mass is 266 g/mol. The summed E-state index contributed by atoms with van der Waals surface area (Å²) in [4.78, 5) is 0. The van der Waals surface area contributed by atoms with E-state index < -0.39 is 0 Å². The van der Waals surface area contributed by atoms with E-state index in [0.717, 1.165) is 10.4 Å². The van der Waals surface area contributed by atoms with Gasteiger partial charge in [-0.3, -0.25) is 0 Å². The molecule has 1 rings (SSSR count). The molecule has 1 heterocycles. The highest BCUT2D eigenvalue weighted by atomic mass is 127. The summed E-state index contributed by atoms with van der Waals surface area (Å²) in [5.74, 6) is 0. The fourth-order valence-corrected chi connectivity index (χ4v) is 1.10. The van der Waals surface area contributed by atoms with Gasteiger partial charge in [-0.25, -0.2) is 4.68 Å². The number of tetrazole rings is 1. The number of aromatic nitrogens is 4. The molecule has 0 saturated carbocycles. The van der Waals surface area contributed by atoms with Crippen molar-refractivity contribution in [3.8, 4) is 0 Å². The van der Waals surface area contributed by atoms with Gasteiger partial charge in [0.05, 0.1) is 6.54 Å². The molecule has 0 N–H and O–H groups in total. The van der Waals surface area contributed by atoms with E-state index in [4.69, 9.17) is 0 Å². The summed E-state index contributed by atoms with van der Waals surface area (Å²) in [5.41, 5.74) is 0.231. The standard InChI is InChI=1S/C6H11IN4/c1-6(2,3)4-11-5(7)8-9-10-11/h4H2,1-3H3. The Balaban J connectivity index is 2.72. The first-order chi connectivity index (χ1) is 4.99. The van der Waals surface area contributed by atoms with Crippen LogP contribution in [0, 0.1) is 9.25 Å². The van der Waals surface area contributed by atoms with Gasteiger partial charge in [-0.05, 0) is 15.8 Å². The maximum absolute atomic E-state index is 3.85. The summed E-state index contributed by atoms with van der Waals surface area (Å²) in [6.45, 7) is 7.33. The minimum absolute atomic E-state index is 0.231. The molecule has 11 heavy (non-hydrogen) atoms. The van der Waals surface area contributed by atoms with Crippen molar-refractivity contribution in [3.05, 3.63) is 3.83 Å². The van der Waals surface area contributed by atoms with E-state index in [-0.39, 0.29) is 5.41 Å². The van der Waals surface area contributed by atoms with E-state index in [1.807, 2.05) is 0 Å². The maximum Gasteiger partial charge on any atom is 0.212 e. The fourth-order valence-electron chi connectivity index (χ4n) is 0.740. The van der Waals surface area contributed by atoms with Crippen LogP contribution in [0.4, 0.5) is 0 Å². The van der Waals surface area contributed by atoms with Crippen LogP contribution in [0.2, 0.25) is 0 Å². The number of rotatable bonds is 1. The predicted molar refractivity (Wildman–Crippen MR) is 50.0 cm³/mol. The van der Waals surface area contributed by atoms with Crippen molar-refractivity contribution in [2.45, 2.75) is 27.3 Å². The fraction of sp³-hybridized carbons (Fsp3) is 0.833. The largest absolute Gasteiger partial charge is 0.220 e. The third-order valence-electron chi connectivity index (χ3n) is 1.11. The first kappa shape index (κ1) is 8.89. The molecule has 0 fully saturated rings. The molecule has 0 aliphatic rings. The highest BCUT2D eigenvalue weighted by Gasteiger charge is 2.13. The van der Waals surface area contributed by atoms with Crippen LogP contribution in [0.3, 0.4) is 0 Å². The molecule has 0 saturated heterocycles. The number of halogens is 1. The van der Waals surface area contributed by atoms with Crippen molar-refractivity contribution in [2.75, 3.05) is 0 Å². The summed E-state index contributed by atoms with van der Waals surface area (Å²) in [6.07, 6.45) is 0. The van der Waals surface area contributed by atoms with Crippen molar-refractivity contribution in [1.82, 2.24) is 20.2 Å². The van der Waals surface area contributed by atoms with Gasteiger partial charge in [-0.15, -0.1) is 5.10 Å². The summed E-state index contributed by atoms with van der Waals surface area (Å²) < 4.78 is 2.65. The Labute approximate surface area is 79.5 Å². The van der Waals surface area contributed by atoms with E-state index in [0.29, 0.717) is 0 Å². The van der Waals surface area contributed by atoms with Crippen LogP contribution in [-0.4, -0.2) is 20.2 Å². The van der Waals surface area contributed by atoms with Gasteiger partial charge in [0.2, 0.25) is 3.83 Å². The quantitative estimate of drug-likeness (QED) is 0.720. The van der Waals surface area contributed by atoms with E-state index in [1.165, 1.54) is 0 Å². The normalized spacial score (nSPS) is 12.0. The van der Waals surface area contributed by atoms with Crippen molar-refractivity contribution in [3.63, 3.8) is 0 Å². The number of hydrogen-bond acceptors (Lipinski definition) is 3. The molecule has 0 spiro atoms. The van der Waals surface area contributed by atoms with Gasteiger partial charge in [0.1, 0.15) is 0 Å². The minimum atomic E-state index is 0.231. The van der Waals surface area contributed by atoms with Crippen molar-refractivity contribution in [2.24, 2.45) is 5.41 Å². The lowest BCUT2D eigenvalue weighted by Crippen LogP contribution is -2.17. The average Bonchev–Trinajstić information content (AvgIpc) is 2.12. The van der Waals surface area contributed by atoms with E-state index in [9.17, 15) is 0 Å². The lowest BCUT2D eigenvalue weighted by Gasteiger charge is -2.16. The van der Waals surface area contributed by atoms with E-state index >= 15 is 0 Å². The van der Waals surface area contributed by atoms with Gasteiger partial charge in [0, 0.05) is 22.6 Å². The Morgan fingerprint density at radius 1 is 1.45 bits per heavy atom. The number of hydrogen-bond donors (Lipinski definition) is 0. The molecule has 0 unspecified atom stereocenters. The van der Waals surface area contributed by atoms with Crippen LogP contribution < -0.4 is 0 Å². The maximum atomic E-state index is 3.85. The zero-order valence-electron chi connectivity index (χ0n) is 6.87. The van der Waals surface area contributed by atoms with Crippen LogP contribution in [0.5, 0.6) is 0 Å². The number of nitrogens with zero attached hydrogens (tertiary/aromatic N) is 4. The first-order valence-electron chi connectivity index (χ1n) is 3.41. The second kappa shape index (κ2) is 3.04. The molecule has 0 aromatic carbocycles. The molecule has 0 radical (unpaired) electrons. The van der Waals surface area contributed by atoms with Crippen LogP contribution >= 0.6 is 22.6 Å². The first-order valence-corrected chi connectivity index (χ1v) is 4.48. The molecule has 4 nitrogen and oxygen atoms in total. The molecule has 0 aliphatic carbocycles.